The van der Waals surface area contributed by atoms with Crippen LogP contribution < -0.4 is 5.46 Å². The Morgan fingerprint density at radius 3 is 2.47 bits per heavy atom. The Morgan fingerprint density at radius 1 is 1.07 bits per heavy atom. The molecule has 1 heterocycles. The second-order valence-electron chi connectivity index (χ2n) is 3.10. The minimum Gasteiger partial charge on any atom is -0.257 e. The molecular weight excluding hydrogens is 195 g/mol. The van der Waals surface area contributed by atoms with E-state index in [0.29, 0.717) is 11.2 Å². The van der Waals surface area contributed by atoms with Gasteiger partial charge in [0.1, 0.15) is 19.5 Å². The molecule has 0 spiro atoms. The molecule has 72 valence electrons. The Balaban J connectivity index is 2.49. The van der Waals surface area contributed by atoms with E-state index in [1.807, 2.05) is 0 Å². The number of benzene rings is 1. The second-order valence-corrected chi connectivity index (χ2v) is 3.10. The van der Waals surface area contributed by atoms with Gasteiger partial charge in [0.15, 0.2) is 0 Å². The molecule has 0 amide bonds. The van der Waals surface area contributed by atoms with Gasteiger partial charge >= 0.3 is 0 Å². The molecule has 0 unspecified atom stereocenters. The van der Waals surface area contributed by atoms with Gasteiger partial charge in [0.2, 0.25) is 0 Å². The fraction of sp³-hybridized carbons (Fsp3) is 0. The largest absolute Gasteiger partial charge is 0.257 e. The summed E-state index contributed by atoms with van der Waals surface area (Å²) in [5.74, 6) is -1.24. The van der Waals surface area contributed by atoms with Crippen LogP contribution in [0.15, 0.2) is 36.5 Å². The fourth-order valence-corrected chi connectivity index (χ4v) is 1.26. The van der Waals surface area contributed by atoms with Gasteiger partial charge in [0, 0.05) is 17.8 Å². The van der Waals surface area contributed by atoms with E-state index in [-0.39, 0.29) is 5.56 Å². The van der Waals surface area contributed by atoms with Gasteiger partial charge in [-0.05, 0) is 18.2 Å². The lowest BCUT2D eigenvalue weighted by atomic mass is 9.98. The van der Waals surface area contributed by atoms with Gasteiger partial charge in [-0.1, -0.05) is 11.5 Å². The van der Waals surface area contributed by atoms with Gasteiger partial charge in [-0.15, -0.1) is 0 Å². The smallest absolute Gasteiger partial charge is 0.135 e. The van der Waals surface area contributed by atoms with Gasteiger partial charge < -0.3 is 0 Å². The highest BCUT2D eigenvalue weighted by molar-refractivity contribution is 6.32. The van der Waals surface area contributed by atoms with Crippen LogP contribution in [0.25, 0.3) is 11.3 Å². The summed E-state index contributed by atoms with van der Waals surface area (Å²) < 4.78 is 26.0. The summed E-state index contributed by atoms with van der Waals surface area (Å²) in [4.78, 5) is 3.95. The molecule has 0 saturated carbocycles. The molecular formula is C11H6BF2N. The molecule has 0 bridgehead atoms. The average molecular weight is 201 g/mol. The molecule has 2 aromatic rings. The van der Waals surface area contributed by atoms with E-state index in [9.17, 15) is 8.78 Å². The van der Waals surface area contributed by atoms with Crippen molar-refractivity contribution >= 4 is 13.3 Å². The van der Waals surface area contributed by atoms with Crippen molar-refractivity contribution in [3.8, 4) is 11.3 Å². The highest BCUT2D eigenvalue weighted by atomic mass is 19.1. The molecule has 2 radical (unpaired) electrons. The third-order valence-corrected chi connectivity index (χ3v) is 1.99. The van der Waals surface area contributed by atoms with Crippen LogP contribution in [0.2, 0.25) is 0 Å². The lowest BCUT2D eigenvalue weighted by Crippen LogP contribution is -2.02. The number of pyridine rings is 1. The van der Waals surface area contributed by atoms with Crippen molar-refractivity contribution in [3.63, 3.8) is 0 Å². The summed E-state index contributed by atoms with van der Waals surface area (Å²) in [6, 6.07) is 6.57. The zero-order valence-corrected chi connectivity index (χ0v) is 7.74. The third-order valence-electron chi connectivity index (χ3n) is 1.99. The van der Waals surface area contributed by atoms with Crippen molar-refractivity contribution in [1.82, 2.24) is 4.98 Å². The van der Waals surface area contributed by atoms with Crippen LogP contribution in [0.3, 0.4) is 0 Å². The van der Waals surface area contributed by atoms with Gasteiger partial charge in [0.25, 0.3) is 0 Å². The number of hydrogen-bond donors (Lipinski definition) is 0. The SMILES string of the molecule is [B]c1ccc(-c2ccc(F)cc2F)nc1. The lowest BCUT2D eigenvalue weighted by molar-refractivity contribution is 0.585. The molecule has 0 saturated heterocycles. The normalized spacial score (nSPS) is 10.3. The Morgan fingerprint density at radius 2 is 1.87 bits per heavy atom. The van der Waals surface area contributed by atoms with Crippen molar-refractivity contribution in [3.05, 3.63) is 48.2 Å². The maximum Gasteiger partial charge on any atom is 0.135 e. The first kappa shape index (κ1) is 9.83. The third kappa shape index (κ3) is 2.04. The molecule has 0 N–H and O–H groups in total. The maximum atomic E-state index is 13.3. The molecule has 2 rings (SSSR count). The number of hydrogen-bond acceptors (Lipinski definition) is 1. The summed E-state index contributed by atoms with van der Waals surface area (Å²) in [5.41, 5.74) is 1.19. The van der Waals surface area contributed by atoms with Crippen molar-refractivity contribution in [1.29, 1.82) is 0 Å². The van der Waals surface area contributed by atoms with Crippen molar-refractivity contribution in [2.24, 2.45) is 0 Å². The van der Waals surface area contributed by atoms with Gasteiger partial charge in [-0.3, -0.25) is 4.98 Å². The standard InChI is InChI=1S/C11H6BF2N/c12-7-1-4-11(15-6-7)9-3-2-8(13)5-10(9)14/h1-6H. The van der Waals surface area contributed by atoms with E-state index in [0.717, 1.165) is 6.07 Å². The monoisotopic (exact) mass is 201 g/mol. The van der Waals surface area contributed by atoms with E-state index < -0.39 is 11.6 Å². The van der Waals surface area contributed by atoms with Crippen LogP contribution in [-0.4, -0.2) is 12.8 Å². The average Bonchev–Trinajstić information content (AvgIpc) is 2.20. The van der Waals surface area contributed by atoms with Crippen LogP contribution in [-0.2, 0) is 0 Å². The van der Waals surface area contributed by atoms with Gasteiger partial charge in [-0.2, -0.15) is 0 Å². The summed E-state index contributed by atoms with van der Waals surface area (Å²) in [6.07, 6.45) is 1.43. The summed E-state index contributed by atoms with van der Waals surface area (Å²) in [5, 5.41) is 0. The molecule has 1 aromatic heterocycles. The molecule has 15 heavy (non-hydrogen) atoms. The number of aromatic nitrogens is 1. The minimum atomic E-state index is -0.632. The summed E-state index contributed by atoms with van der Waals surface area (Å²) in [7, 11) is 5.45. The molecule has 0 fully saturated rings. The molecule has 1 aromatic carbocycles. The Kier molecular flexibility index (Phi) is 2.50. The fourth-order valence-electron chi connectivity index (χ4n) is 1.26. The van der Waals surface area contributed by atoms with Crippen LogP contribution in [0, 0.1) is 11.6 Å². The van der Waals surface area contributed by atoms with Crippen molar-refractivity contribution < 1.29 is 8.78 Å². The zero-order chi connectivity index (χ0) is 10.8. The van der Waals surface area contributed by atoms with E-state index in [4.69, 9.17) is 7.85 Å². The summed E-state index contributed by atoms with van der Waals surface area (Å²) in [6.45, 7) is 0. The predicted octanol–water partition coefficient (Wildman–Crippen LogP) is 1.82. The predicted molar refractivity (Wildman–Crippen MR) is 55.0 cm³/mol. The van der Waals surface area contributed by atoms with Crippen LogP contribution in [0.5, 0.6) is 0 Å². The first-order valence-electron chi connectivity index (χ1n) is 4.34. The van der Waals surface area contributed by atoms with Crippen LogP contribution in [0.1, 0.15) is 0 Å². The Hall–Kier alpha value is -1.71. The van der Waals surface area contributed by atoms with Crippen molar-refractivity contribution in [2.45, 2.75) is 0 Å². The quantitative estimate of drug-likeness (QED) is 0.641. The Labute approximate surface area is 87.2 Å². The summed E-state index contributed by atoms with van der Waals surface area (Å²) >= 11 is 0. The highest BCUT2D eigenvalue weighted by Gasteiger charge is 2.06. The first-order chi connectivity index (χ1) is 7.16. The first-order valence-corrected chi connectivity index (χ1v) is 4.34. The highest BCUT2D eigenvalue weighted by Crippen LogP contribution is 2.20. The molecule has 0 aliphatic carbocycles. The number of halogens is 2. The Bertz CT molecular complexity index is 482. The molecule has 0 aliphatic heterocycles. The zero-order valence-electron chi connectivity index (χ0n) is 7.74. The van der Waals surface area contributed by atoms with E-state index in [1.165, 1.54) is 18.3 Å². The van der Waals surface area contributed by atoms with Crippen LogP contribution in [0.4, 0.5) is 8.78 Å². The molecule has 0 aliphatic rings. The molecule has 1 nitrogen and oxygen atoms in total. The topological polar surface area (TPSA) is 12.9 Å². The van der Waals surface area contributed by atoms with Crippen molar-refractivity contribution in [2.75, 3.05) is 0 Å². The minimum absolute atomic E-state index is 0.261. The second kappa shape index (κ2) is 3.81. The maximum absolute atomic E-state index is 13.3. The molecule has 0 atom stereocenters. The number of nitrogens with zero attached hydrogens (tertiary/aromatic N) is 1. The lowest BCUT2D eigenvalue weighted by Gasteiger charge is -2.02. The van der Waals surface area contributed by atoms with E-state index >= 15 is 0 Å². The molecule has 4 heteroatoms. The van der Waals surface area contributed by atoms with Gasteiger partial charge in [0.05, 0.1) is 5.69 Å². The van der Waals surface area contributed by atoms with Crippen LogP contribution >= 0.6 is 0 Å². The van der Waals surface area contributed by atoms with E-state index in [1.54, 1.807) is 12.1 Å². The van der Waals surface area contributed by atoms with Gasteiger partial charge in [-0.25, -0.2) is 8.78 Å². The number of rotatable bonds is 1. The van der Waals surface area contributed by atoms with E-state index in [2.05, 4.69) is 4.98 Å².